The molecule has 0 aromatic rings. The van der Waals surface area contributed by atoms with Crippen molar-refractivity contribution in [3.05, 3.63) is 11.6 Å². The zero-order valence-corrected chi connectivity index (χ0v) is 20.7. The van der Waals surface area contributed by atoms with Crippen LogP contribution in [0.4, 0.5) is 0 Å². The quantitative estimate of drug-likeness (QED) is 0.364. The van der Waals surface area contributed by atoms with E-state index in [0.717, 1.165) is 51.4 Å². The van der Waals surface area contributed by atoms with E-state index in [1.54, 1.807) is 0 Å². The highest BCUT2D eigenvalue weighted by Gasteiger charge is 2.58. The molecule has 0 spiro atoms. The number of ether oxygens (including phenoxy) is 2. The van der Waals surface area contributed by atoms with Crippen molar-refractivity contribution in [1.82, 2.24) is 0 Å². The fourth-order valence-corrected chi connectivity index (χ4v) is 7.57. The lowest BCUT2D eigenvalue weighted by atomic mass is 9.45. The van der Waals surface area contributed by atoms with E-state index in [2.05, 4.69) is 19.9 Å². The summed E-state index contributed by atoms with van der Waals surface area (Å²) in [7, 11) is 0. The van der Waals surface area contributed by atoms with Gasteiger partial charge in [0.1, 0.15) is 24.4 Å². The van der Waals surface area contributed by atoms with Crippen LogP contribution >= 0.6 is 0 Å². The fraction of sp³-hybridized carbons (Fsp3) is 0.885. The second kappa shape index (κ2) is 9.45. The molecule has 0 amide bonds. The first-order chi connectivity index (χ1) is 15.9. The number of aliphatic hydroxyl groups is 4. The molecular weight excluding hydrogens is 440 g/mol. The van der Waals surface area contributed by atoms with E-state index in [4.69, 9.17) is 9.47 Å². The summed E-state index contributed by atoms with van der Waals surface area (Å²) in [5.74, 6) is -0.0743. The van der Waals surface area contributed by atoms with Crippen LogP contribution in [0.15, 0.2) is 11.6 Å². The van der Waals surface area contributed by atoms with E-state index < -0.39 is 48.7 Å². The zero-order valence-electron chi connectivity index (χ0n) is 20.7. The van der Waals surface area contributed by atoms with Gasteiger partial charge in [-0.05, 0) is 74.5 Å². The van der Waals surface area contributed by atoms with E-state index in [1.165, 1.54) is 5.57 Å². The number of carbonyl (C=O) groups is 1. The lowest BCUT2D eigenvalue weighted by molar-refractivity contribution is -0.302. The summed E-state index contributed by atoms with van der Waals surface area (Å²) in [6, 6.07) is 0. The van der Waals surface area contributed by atoms with E-state index in [1.807, 2.05) is 6.92 Å². The molecule has 0 aromatic carbocycles. The summed E-state index contributed by atoms with van der Waals surface area (Å²) in [5, 5.41) is 49.5. The molecule has 4 aliphatic rings. The Morgan fingerprint density at radius 3 is 2.53 bits per heavy atom. The SMILES string of the molecule is C[C@]1(CCO[C@H]2O[C@H](CO)[C@@H](O)[C@H](O)[C@H]2O)CCC2C(=CCC3[C@]2(C)CCC[C@]3(C)C(=O)O)C1. The molecule has 1 heterocycles. The minimum absolute atomic E-state index is 0.0175. The average molecular weight is 483 g/mol. The molecule has 8 heteroatoms. The predicted molar refractivity (Wildman–Crippen MR) is 124 cm³/mol. The van der Waals surface area contributed by atoms with Crippen LogP contribution in [-0.2, 0) is 14.3 Å². The third kappa shape index (κ3) is 4.35. The van der Waals surface area contributed by atoms with E-state index in [-0.39, 0.29) is 16.7 Å². The lowest BCUT2D eigenvalue weighted by Crippen LogP contribution is -2.59. The maximum Gasteiger partial charge on any atom is 0.309 e. The molecule has 3 fully saturated rings. The molecule has 10 atom stereocenters. The van der Waals surface area contributed by atoms with Crippen LogP contribution in [0.3, 0.4) is 0 Å². The normalized spacial score (nSPS) is 49.0. The molecule has 34 heavy (non-hydrogen) atoms. The van der Waals surface area contributed by atoms with Crippen LogP contribution in [0, 0.1) is 28.1 Å². The highest BCUT2D eigenvalue weighted by atomic mass is 16.7. The summed E-state index contributed by atoms with van der Waals surface area (Å²) in [6.45, 7) is 6.37. The van der Waals surface area contributed by atoms with Gasteiger partial charge in [-0.1, -0.05) is 31.9 Å². The lowest BCUT2D eigenvalue weighted by Gasteiger charge is -2.58. The minimum Gasteiger partial charge on any atom is -0.481 e. The zero-order chi connectivity index (χ0) is 24.9. The summed E-state index contributed by atoms with van der Waals surface area (Å²) >= 11 is 0. The van der Waals surface area contributed by atoms with Crippen LogP contribution in [0.25, 0.3) is 0 Å². The Morgan fingerprint density at radius 1 is 1.12 bits per heavy atom. The van der Waals surface area contributed by atoms with Gasteiger partial charge in [-0.15, -0.1) is 0 Å². The van der Waals surface area contributed by atoms with Gasteiger partial charge in [0, 0.05) is 0 Å². The highest BCUT2D eigenvalue weighted by molar-refractivity contribution is 5.75. The van der Waals surface area contributed by atoms with E-state index in [9.17, 15) is 30.3 Å². The van der Waals surface area contributed by atoms with Crippen molar-refractivity contribution >= 4 is 5.97 Å². The molecule has 1 aliphatic heterocycles. The third-order valence-corrected chi connectivity index (χ3v) is 9.83. The first-order valence-electron chi connectivity index (χ1n) is 12.8. The van der Waals surface area contributed by atoms with Crippen molar-refractivity contribution < 1.29 is 39.8 Å². The number of hydrogen-bond acceptors (Lipinski definition) is 7. The number of hydrogen-bond donors (Lipinski definition) is 5. The predicted octanol–water partition coefficient (Wildman–Crippen LogP) is 2.23. The second-order valence-corrected chi connectivity index (χ2v) is 12.0. The second-order valence-electron chi connectivity index (χ2n) is 12.0. The smallest absolute Gasteiger partial charge is 0.309 e. The van der Waals surface area contributed by atoms with Crippen molar-refractivity contribution in [2.75, 3.05) is 13.2 Å². The fourth-order valence-electron chi connectivity index (χ4n) is 7.57. The number of aliphatic carboxylic acids is 1. The Kier molecular flexibility index (Phi) is 7.24. The summed E-state index contributed by atoms with van der Waals surface area (Å²) in [5.41, 5.74) is 0.832. The Labute approximate surface area is 202 Å². The van der Waals surface area contributed by atoms with Gasteiger partial charge in [0.25, 0.3) is 0 Å². The van der Waals surface area contributed by atoms with Gasteiger partial charge in [0.05, 0.1) is 18.6 Å². The molecule has 4 rings (SSSR count). The van der Waals surface area contributed by atoms with Crippen molar-refractivity contribution in [1.29, 1.82) is 0 Å². The molecular formula is C26H42O8. The van der Waals surface area contributed by atoms with Crippen molar-refractivity contribution in [3.63, 3.8) is 0 Å². The van der Waals surface area contributed by atoms with Crippen LogP contribution in [0.5, 0.6) is 0 Å². The molecule has 0 bridgehead atoms. The van der Waals surface area contributed by atoms with Crippen molar-refractivity contribution in [3.8, 4) is 0 Å². The largest absolute Gasteiger partial charge is 0.481 e. The van der Waals surface area contributed by atoms with E-state index >= 15 is 0 Å². The number of rotatable bonds is 6. The molecule has 0 aromatic heterocycles. The molecule has 2 unspecified atom stereocenters. The Bertz CT molecular complexity index is 798. The highest BCUT2D eigenvalue weighted by Crippen LogP contribution is 2.64. The minimum atomic E-state index is -1.44. The molecule has 1 saturated heterocycles. The summed E-state index contributed by atoms with van der Waals surface area (Å²) in [4.78, 5) is 12.2. The monoisotopic (exact) mass is 482 g/mol. The third-order valence-electron chi connectivity index (χ3n) is 9.83. The molecule has 5 N–H and O–H groups in total. The van der Waals surface area contributed by atoms with Gasteiger partial charge in [0.15, 0.2) is 6.29 Å². The van der Waals surface area contributed by atoms with Gasteiger partial charge >= 0.3 is 5.97 Å². The maximum atomic E-state index is 12.2. The number of carboxylic acid groups (broad SMARTS) is 1. The van der Waals surface area contributed by atoms with Crippen LogP contribution in [0.2, 0.25) is 0 Å². The van der Waals surface area contributed by atoms with Gasteiger partial charge in [-0.25, -0.2) is 0 Å². The Balaban J connectivity index is 1.39. The number of aliphatic hydroxyl groups excluding tert-OH is 4. The molecule has 2 saturated carbocycles. The Morgan fingerprint density at radius 2 is 1.85 bits per heavy atom. The van der Waals surface area contributed by atoms with E-state index in [0.29, 0.717) is 12.5 Å². The first-order valence-corrected chi connectivity index (χ1v) is 12.8. The number of allylic oxidation sites excluding steroid dienone is 2. The van der Waals surface area contributed by atoms with Gasteiger partial charge < -0.3 is 35.0 Å². The van der Waals surface area contributed by atoms with Crippen molar-refractivity contribution in [2.24, 2.45) is 28.1 Å². The van der Waals surface area contributed by atoms with Gasteiger partial charge in [0.2, 0.25) is 0 Å². The molecule has 3 aliphatic carbocycles. The molecule has 194 valence electrons. The number of fused-ring (bicyclic) bond motifs is 3. The van der Waals surface area contributed by atoms with Crippen LogP contribution in [-0.4, -0.2) is 75.4 Å². The molecule has 0 radical (unpaired) electrons. The topological polar surface area (TPSA) is 137 Å². The summed E-state index contributed by atoms with van der Waals surface area (Å²) in [6.07, 6.45) is 3.41. The van der Waals surface area contributed by atoms with Crippen LogP contribution < -0.4 is 0 Å². The average Bonchev–Trinajstić information content (AvgIpc) is 2.78. The van der Waals surface area contributed by atoms with Gasteiger partial charge in [-0.2, -0.15) is 0 Å². The van der Waals surface area contributed by atoms with Crippen LogP contribution in [0.1, 0.15) is 72.1 Å². The van der Waals surface area contributed by atoms with Crippen molar-refractivity contribution in [2.45, 2.75) is 103 Å². The first kappa shape index (κ1) is 26.0. The standard InChI is InChI=1S/C26H42O8/c1-24(11-12-33-22-21(30)20(29)19(28)17(14-27)34-22)10-7-16-15(13-24)5-6-18-25(16,2)8-4-9-26(18,3)23(31)32/h5,16-22,27-30H,4,6-14H2,1-3H3,(H,31,32)/t16?,17-,18?,19-,20+,21-,22+,24-,25-,26+/m1/s1. The van der Waals surface area contributed by atoms with Gasteiger partial charge in [-0.3, -0.25) is 4.79 Å². The molecule has 8 nitrogen and oxygen atoms in total. The Hall–Kier alpha value is -1.03. The number of carboxylic acids is 1. The summed E-state index contributed by atoms with van der Waals surface area (Å²) < 4.78 is 11.2. The maximum absolute atomic E-state index is 12.2.